The Hall–Kier alpha value is -0.840. The van der Waals surface area contributed by atoms with Gasteiger partial charge in [0.2, 0.25) is 0 Å². The zero-order valence-corrected chi connectivity index (χ0v) is 14.5. The van der Waals surface area contributed by atoms with Crippen LogP contribution in [-0.2, 0) is 6.42 Å². The van der Waals surface area contributed by atoms with Crippen LogP contribution in [-0.4, -0.2) is 13.7 Å². The molecular weight excluding hydrogens is 334 g/mol. The Morgan fingerprint density at radius 3 is 2.50 bits per heavy atom. The van der Waals surface area contributed by atoms with Crippen molar-refractivity contribution in [3.05, 3.63) is 50.1 Å². The first-order chi connectivity index (χ1) is 9.63. The number of hydrogen-bond donors (Lipinski definition) is 1. The van der Waals surface area contributed by atoms with E-state index in [-0.39, 0.29) is 0 Å². The molecule has 0 aliphatic heterocycles. The molecule has 1 aromatic carbocycles. The maximum absolute atomic E-state index is 5.21. The highest BCUT2D eigenvalue weighted by atomic mass is 79.9. The third kappa shape index (κ3) is 3.84. The van der Waals surface area contributed by atoms with Crippen LogP contribution in [0, 0.1) is 6.92 Å². The van der Waals surface area contributed by atoms with Gasteiger partial charge in [0, 0.05) is 10.9 Å². The smallest absolute Gasteiger partial charge is 0.118 e. The lowest BCUT2D eigenvalue weighted by molar-refractivity contribution is 0.414. The van der Waals surface area contributed by atoms with E-state index in [1.54, 1.807) is 7.11 Å². The number of benzene rings is 1. The summed E-state index contributed by atoms with van der Waals surface area (Å²) >= 11 is 5.43. The van der Waals surface area contributed by atoms with E-state index in [4.69, 9.17) is 4.74 Å². The molecule has 0 saturated carbocycles. The number of hydrogen-bond acceptors (Lipinski definition) is 3. The van der Waals surface area contributed by atoms with E-state index in [1.807, 2.05) is 23.5 Å². The lowest BCUT2D eigenvalue weighted by Crippen LogP contribution is -2.22. The zero-order chi connectivity index (χ0) is 14.5. The van der Waals surface area contributed by atoms with Gasteiger partial charge < -0.3 is 10.1 Å². The summed E-state index contributed by atoms with van der Waals surface area (Å²) in [7, 11) is 1.70. The van der Waals surface area contributed by atoms with Crippen molar-refractivity contribution in [1.82, 2.24) is 5.32 Å². The number of likely N-dealkylation sites (N-methyl/N-ethyl adjacent to an activating group) is 1. The molecule has 0 radical (unpaired) electrons. The van der Waals surface area contributed by atoms with E-state index in [9.17, 15) is 0 Å². The Balaban J connectivity index is 2.15. The van der Waals surface area contributed by atoms with Crippen LogP contribution in [0.25, 0.3) is 0 Å². The molecule has 20 heavy (non-hydrogen) atoms. The number of aryl methyl sites for hydroxylation is 1. The van der Waals surface area contributed by atoms with Gasteiger partial charge in [-0.15, -0.1) is 11.3 Å². The first-order valence-electron chi connectivity index (χ1n) is 6.76. The molecule has 0 amide bonds. The summed E-state index contributed by atoms with van der Waals surface area (Å²) in [5.74, 6) is 0.906. The molecule has 1 unspecified atom stereocenters. The fourth-order valence-corrected chi connectivity index (χ4v) is 3.82. The molecule has 0 aliphatic carbocycles. The van der Waals surface area contributed by atoms with Gasteiger partial charge in [-0.05, 0) is 65.1 Å². The van der Waals surface area contributed by atoms with Gasteiger partial charge in [0.15, 0.2) is 0 Å². The molecule has 0 saturated heterocycles. The van der Waals surface area contributed by atoms with Crippen LogP contribution in [0.5, 0.6) is 5.75 Å². The van der Waals surface area contributed by atoms with Crippen LogP contribution in [0.1, 0.15) is 29.0 Å². The second-order valence-corrected chi connectivity index (χ2v) is 7.17. The third-order valence-corrected chi connectivity index (χ3v) is 5.52. The van der Waals surface area contributed by atoms with E-state index in [1.165, 1.54) is 19.8 Å². The van der Waals surface area contributed by atoms with Crippen molar-refractivity contribution in [2.24, 2.45) is 0 Å². The van der Waals surface area contributed by atoms with Gasteiger partial charge in [-0.1, -0.05) is 19.1 Å². The molecule has 1 aromatic heterocycles. The molecule has 1 atom stereocenters. The maximum atomic E-state index is 5.21. The average molecular weight is 354 g/mol. The van der Waals surface area contributed by atoms with Crippen LogP contribution in [0.4, 0.5) is 0 Å². The molecule has 0 spiro atoms. The molecule has 1 heterocycles. The molecule has 1 N–H and O–H groups in total. The predicted molar refractivity (Wildman–Crippen MR) is 89.9 cm³/mol. The number of halogens is 1. The standard InChI is InChI=1S/C16H20BrNOS/c1-4-18-14(15-9-11(2)16(17)20-15)10-12-5-7-13(19-3)8-6-12/h5-9,14,18H,4,10H2,1-3H3. The minimum absolute atomic E-state index is 0.364. The molecule has 0 fully saturated rings. The summed E-state index contributed by atoms with van der Waals surface area (Å²) in [5.41, 5.74) is 2.63. The normalized spacial score (nSPS) is 12.4. The number of rotatable bonds is 6. The topological polar surface area (TPSA) is 21.3 Å². The van der Waals surface area contributed by atoms with Gasteiger partial charge in [0.05, 0.1) is 10.9 Å². The Bertz CT molecular complexity index is 531. The van der Waals surface area contributed by atoms with Gasteiger partial charge in [-0.2, -0.15) is 0 Å². The summed E-state index contributed by atoms with van der Waals surface area (Å²) in [4.78, 5) is 1.38. The molecule has 108 valence electrons. The molecule has 2 nitrogen and oxygen atoms in total. The fourth-order valence-electron chi connectivity index (χ4n) is 2.17. The lowest BCUT2D eigenvalue weighted by atomic mass is 10.0. The summed E-state index contributed by atoms with van der Waals surface area (Å²) < 4.78 is 6.43. The summed E-state index contributed by atoms with van der Waals surface area (Å²) in [6.07, 6.45) is 0.990. The van der Waals surface area contributed by atoms with E-state index in [2.05, 4.69) is 53.3 Å². The van der Waals surface area contributed by atoms with Crippen molar-refractivity contribution in [3.8, 4) is 5.75 Å². The SMILES string of the molecule is CCNC(Cc1ccc(OC)cc1)c1cc(C)c(Br)s1. The largest absolute Gasteiger partial charge is 0.497 e. The molecule has 4 heteroatoms. The van der Waals surface area contributed by atoms with Gasteiger partial charge >= 0.3 is 0 Å². The van der Waals surface area contributed by atoms with Crippen molar-refractivity contribution in [2.45, 2.75) is 26.3 Å². The number of ether oxygens (including phenoxy) is 1. The quantitative estimate of drug-likeness (QED) is 0.810. The number of methoxy groups -OCH3 is 1. The second-order valence-electron chi connectivity index (χ2n) is 4.77. The van der Waals surface area contributed by atoms with E-state index in [0.29, 0.717) is 6.04 Å². The van der Waals surface area contributed by atoms with E-state index in [0.717, 1.165) is 18.7 Å². The Morgan fingerprint density at radius 2 is 2.00 bits per heavy atom. The van der Waals surface area contributed by atoms with Crippen LogP contribution in [0.3, 0.4) is 0 Å². The van der Waals surface area contributed by atoms with Gasteiger partial charge in [0.25, 0.3) is 0 Å². The Kier molecular flexibility index (Phi) is 5.64. The highest BCUT2D eigenvalue weighted by Crippen LogP contribution is 2.33. The molecular formula is C16H20BrNOS. The van der Waals surface area contributed by atoms with Gasteiger partial charge in [-0.3, -0.25) is 0 Å². The Morgan fingerprint density at radius 1 is 1.30 bits per heavy atom. The number of thiophene rings is 1. The second kappa shape index (κ2) is 7.25. The van der Waals surface area contributed by atoms with E-state index < -0.39 is 0 Å². The maximum Gasteiger partial charge on any atom is 0.118 e. The minimum Gasteiger partial charge on any atom is -0.497 e. The van der Waals surface area contributed by atoms with Crippen molar-refractivity contribution < 1.29 is 4.74 Å². The molecule has 0 aliphatic rings. The van der Waals surface area contributed by atoms with Crippen molar-refractivity contribution in [2.75, 3.05) is 13.7 Å². The molecule has 2 aromatic rings. The minimum atomic E-state index is 0.364. The molecule has 0 bridgehead atoms. The first-order valence-corrected chi connectivity index (χ1v) is 8.37. The first kappa shape index (κ1) is 15.5. The molecule has 2 rings (SSSR count). The van der Waals surface area contributed by atoms with Gasteiger partial charge in [-0.25, -0.2) is 0 Å². The van der Waals surface area contributed by atoms with E-state index >= 15 is 0 Å². The Labute approximate surface area is 133 Å². The lowest BCUT2D eigenvalue weighted by Gasteiger charge is -2.16. The average Bonchev–Trinajstić information content (AvgIpc) is 2.79. The monoisotopic (exact) mass is 353 g/mol. The summed E-state index contributed by atoms with van der Waals surface area (Å²) in [5, 5.41) is 3.57. The van der Waals surface area contributed by atoms with Crippen molar-refractivity contribution >= 4 is 27.3 Å². The van der Waals surface area contributed by atoms with Crippen LogP contribution in [0.2, 0.25) is 0 Å². The van der Waals surface area contributed by atoms with Crippen molar-refractivity contribution in [3.63, 3.8) is 0 Å². The highest BCUT2D eigenvalue weighted by molar-refractivity contribution is 9.11. The zero-order valence-electron chi connectivity index (χ0n) is 12.1. The highest BCUT2D eigenvalue weighted by Gasteiger charge is 2.15. The van der Waals surface area contributed by atoms with Crippen LogP contribution in [0.15, 0.2) is 34.1 Å². The van der Waals surface area contributed by atoms with Crippen molar-refractivity contribution in [1.29, 1.82) is 0 Å². The van der Waals surface area contributed by atoms with Crippen LogP contribution < -0.4 is 10.1 Å². The number of nitrogens with one attached hydrogen (secondary N) is 1. The fraction of sp³-hybridized carbons (Fsp3) is 0.375. The van der Waals surface area contributed by atoms with Crippen LogP contribution >= 0.6 is 27.3 Å². The summed E-state index contributed by atoms with van der Waals surface area (Å²) in [6, 6.07) is 11.0. The van der Waals surface area contributed by atoms with Gasteiger partial charge in [0.1, 0.15) is 5.75 Å². The third-order valence-electron chi connectivity index (χ3n) is 3.27. The summed E-state index contributed by atoms with van der Waals surface area (Å²) in [6.45, 7) is 5.26. The predicted octanol–water partition coefficient (Wildman–Crippen LogP) is 4.72.